The molecule has 2 rings (SSSR count). The molecule has 0 bridgehead atoms. The molecule has 0 unspecified atom stereocenters. The molecule has 0 aromatic heterocycles. The summed E-state index contributed by atoms with van der Waals surface area (Å²) in [6.07, 6.45) is 0.821. The van der Waals surface area contributed by atoms with Crippen LogP contribution in [0.2, 0.25) is 5.02 Å². The Kier molecular flexibility index (Phi) is 5.77. The highest BCUT2D eigenvalue weighted by molar-refractivity contribution is 6.31. The van der Waals surface area contributed by atoms with Gasteiger partial charge < -0.3 is 10.2 Å². The Morgan fingerprint density at radius 2 is 1.87 bits per heavy atom. The van der Waals surface area contributed by atoms with Crippen LogP contribution in [0.1, 0.15) is 19.4 Å². The SMILES string of the molecule is CCc1ccccc1NC(=O)CN(C(C)=O)c1cccc(Cl)c1. The average molecular weight is 331 g/mol. The van der Waals surface area contributed by atoms with Crippen LogP contribution in [0.4, 0.5) is 11.4 Å². The smallest absolute Gasteiger partial charge is 0.244 e. The monoisotopic (exact) mass is 330 g/mol. The Hall–Kier alpha value is -2.33. The van der Waals surface area contributed by atoms with E-state index in [0.29, 0.717) is 10.7 Å². The highest BCUT2D eigenvalue weighted by Gasteiger charge is 2.16. The van der Waals surface area contributed by atoms with Crippen LogP contribution in [0, 0.1) is 0 Å². The van der Waals surface area contributed by atoms with Gasteiger partial charge in [0.25, 0.3) is 0 Å². The van der Waals surface area contributed by atoms with Gasteiger partial charge in [0.05, 0.1) is 0 Å². The predicted octanol–water partition coefficient (Wildman–Crippen LogP) is 3.89. The van der Waals surface area contributed by atoms with Crippen LogP contribution in [0.3, 0.4) is 0 Å². The van der Waals surface area contributed by atoms with Crippen molar-refractivity contribution in [2.75, 3.05) is 16.8 Å². The van der Waals surface area contributed by atoms with E-state index in [0.717, 1.165) is 17.7 Å². The molecule has 0 saturated heterocycles. The second-order valence-electron chi connectivity index (χ2n) is 5.14. The van der Waals surface area contributed by atoms with E-state index in [1.807, 2.05) is 31.2 Å². The standard InChI is InChI=1S/C18H19ClN2O2/c1-3-14-7-4-5-10-17(14)20-18(23)12-21(13(2)22)16-9-6-8-15(19)11-16/h4-11H,3,12H2,1-2H3,(H,20,23). The van der Waals surface area contributed by atoms with Crippen molar-refractivity contribution in [3.63, 3.8) is 0 Å². The van der Waals surface area contributed by atoms with Gasteiger partial charge in [-0.3, -0.25) is 9.59 Å². The van der Waals surface area contributed by atoms with Crippen LogP contribution in [-0.2, 0) is 16.0 Å². The van der Waals surface area contributed by atoms with Gasteiger partial charge >= 0.3 is 0 Å². The van der Waals surface area contributed by atoms with Crippen molar-refractivity contribution < 1.29 is 9.59 Å². The van der Waals surface area contributed by atoms with E-state index in [9.17, 15) is 9.59 Å². The number of para-hydroxylation sites is 1. The summed E-state index contributed by atoms with van der Waals surface area (Å²) in [5.41, 5.74) is 2.43. The molecule has 0 spiro atoms. The molecule has 5 heteroatoms. The van der Waals surface area contributed by atoms with E-state index < -0.39 is 0 Å². The maximum Gasteiger partial charge on any atom is 0.244 e. The Labute approximate surface area is 141 Å². The van der Waals surface area contributed by atoms with Crippen molar-refractivity contribution in [2.45, 2.75) is 20.3 Å². The number of nitrogens with zero attached hydrogens (tertiary/aromatic N) is 1. The van der Waals surface area contributed by atoms with Crippen molar-refractivity contribution in [1.29, 1.82) is 0 Å². The van der Waals surface area contributed by atoms with E-state index in [4.69, 9.17) is 11.6 Å². The van der Waals surface area contributed by atoms with Crippen LogP contribution in [0.5, 0.6) is 0 Å². The molecule has 23 heavy (non-hydrogen) atoms. The van der Waals surface area contributed by atoms with E-state index >= 15 is 0 Å². The summed E-state index contributed by atoms with van der Waals surface area (Å²) < 4.78 is 0. The zero-order valence-electron chi connectivity index (χ0n) is 13.2. The van der Waals surface area contributed by atoms with Crippen LogP contribution in [0.25, 0.3) is 0 Å². The van der Waals surface area contributed by atoms with Crippen molar-refractivity contribution >= 4 is 34.8 Å². The van der Waals surface area contributed by atoms with Crippen LogP contribution in [-0.4, -0.2) is 18.4 Å². The topological polar surface area (TPSA) is 49.4 Å². The number of halogens is 1. The number of rotatable bonds is 5. The lowest BCUT2D eigenvalue weighted by atomic mass is 10.1. The molecule has 2 amide bonds. The number of carbonyl (C=O) groups excluding carboxylic acids is 2. The van der Waals surface area contributed by atoms with Gasteiger partial charge in [0.2, 0.25) is 11.8 Å². The van der Waals surface area contributed by atoms with Gasteiger partial charge in [0.15, 0.2) is 0 Å². The molecule has 0 atom stereocenters. The summed E-state index contributed by atoms with van der Waals surface area (Å²) in [6, 6.07) is 14.5. The second kappa shape index (κ2) is 7.79. The predicted molar refractivity (Wildman–Crippen MR) is 93.9 cm³/mol. The van der Waals surface area contributed by atoms with E-state index in [1.54, 1.807) is 24.3 Å². The number of aryl methyl sites for hydroxylation is 1. The molecular weight excluding hydrogens is 312 g/mol. The van der Waals surface area contributed by atoms with Gasteiger partial charge in [0.1, 0.15) is 6.54 Å². The number of anilines is 2. The molecule has 0 heterocycles. The minimum atomic E-state index is -0.249. The van der Waals surface area contributed by atoms with E-state index in [1.165, 1.54) is 11.8 Å². The number of carbonyl (C=O) groups is 2. The quantitative estimate of drug-likeness (QED) is 0.904. The highest BCUT2D eigenvalue weighted by atomic mass is 35.5. The van der Waals surface area contributed by atoms with Gasteiger partial charge in [0, 0.05) is 23.3 Å². The summed E-state index contributed by atoms with van der Waals surface area (Å²) in [7, 11) is 0. The average Bonchev–Trinajstić information content (AvgIpc) is 2.53. The van der Waals surface area contributed by atoms with Gasteiger partial charge in [-0.15, -0.1) is 0 Å². The summed E-state index contributed by atoms with van der Waals surface area (Å²) in [6.45, 7) is 3.39. The molecule has 0 saturated carbocycles. The van der Waals surface area contributed by atoms with Gasteiger partial charge in [-0.1, -0.05) is 42.8 Å². The number of amides is 2. The molecule has 0 aliphatic rings. The molecule has 2 aromatic carbocycles. The third-order valence-electron chi connectivity index (χ3n) is 3.47. The molecular formula is C18H19ClN2O2. The molecule has 120 valence electrons. The number of hydrogen-bond donors (Lipinski definition) is 1. The van der Waals surface area contributed by atoms with Crippen LogP contribution in [0.15, 0.2) is 48.5 Å². The zero-order chi connectivity index (χ0) is 16.8. The summed E-state index contributed by atoms with van der Waals surface area (Å²) >= 11 is 5.96. The minimum absolute atomic E-state index is 0.0618. The molecule has 0 radical (unpaired) electrons. The Bertz CT molecular complexity index is 716. The first-order chi connectivity index (χ1) is 11.0. The first-order valence-corrected chi connectivity index (χ1v) is 7.80. The fraction of sp³-hybridized carbons (Fsp3) is 0.222. The largest absolute Gasteiger partial charge is 0.324 e. The summed E-state index contributed by atoms with van der Waals surface area (Å²) in [5, 5.41) is 3.38. The summed E-state index contributed by atoms with van der Waals surface area (Å²) in [5.74, 6) is -0.465. The molecule has 0 aliphatic carbocycles. The van der Waals surface area contributed by atoms with Crippen LogP contribution >= 0.6 is 11.6 Å². The maximum absolute atomic E-state index is 12.3. The van der Waals surface area contributed by atoms with Gasteiger partial charge in [-0.25, -0.2) is 0 Å². The lowest BCUT2D eigenvalue weighted by molar-refractivity contribution is -0.120. The third-order valence-corrected chi connectivity index (χ3v) is 3.71. The Morgan fingerprint density at radius 3 is 2.52 bits per heavy atom. The first-order valence-electron chi connectivity index (χ1n) is 7.42. The maximum atomic E-state index is 12.3. The lowest BCUT2D eigenvalue weighted by Crippen LogP contribution is -2.36. The summed E-state index contributed by atoms with van der Waals surface area (Å²) in [4.78, 5) is 25.6. The molecule has 2 aromatic rings. The Morgan fingerprint density at radius 1 is 1.13 bits per heavy atom. The van der Waals surface area contributed by atoms with Crippen LogP contribution < -0.4 is 10.2 Å². The molecule has 0 fully saturated rings. The molecule has 1 N–H and O–H groups in total. The van der Waals surface area contributed by atoms with E-state index in [-0.39, 0.29) is 18.4 Å². The van der Waals surface area contributed by atoms with Crippen molar-refractivity contribution in [3.05, 3.63) is 59.1 Å². The van der Waals surface area contributed by atoms with Gasteiger partial charge in [-0.2, -0.15) is 0 Å². The van der Waals surface area contributed by atoms with Gasteiger partial charge in [-0.05, 0) is 36.2 Å². The first kappa shape index (κ1) is 17.0. The highest BCUT2D eigenvalue weighted by Crippen LogP contribution is 2.20. The lowest BCUT2D eigenvalue weighted by Gasteiger charge is -2.21. The fourth-order valence-corrected chi connectivity index (χ4v) is 2.50. The number of hydrogen-bond acceptors (Lipinski definition) is 2. The number of benzene rings is 2. The zero-order valence-corrected chi connectivity index (χ0v) is 13.9. The van der Waals surface area contributed by atoms with Crippen molar-refractivity contribution in [2.24, 2.45) is 0 Å². The Balaban J connectivity index is 2.14. The molecule has 0 aliphatic heterocycles. The minimum Gasteiger partial charge on any atom is -0.324 e. The van der Waals surface area contributed by atoms with Crippen molar-refractivity contribution in [3.8, 4) is 0 Å². The fourth-order valence-electron chi connectivity index (χ4n) is 2.31. The normalized spacial score (nSPS) is 10.2. The van der Waals surface area contributed by atoms with Crippen molar-refractivity contribution in [1.82, 2.24) is 0 Å². The number of nitrogens with one attached hydrogen (secondary N) is 1. The van der Waals surface area contributed by atoms with E-state index in [2.05, 4.69) is 5.32 Å². The third kappa shape index (κ3) is 4.57. The second-order valence-corrected chi connectivity index (χ2v) is 5.58. The molecule has 4 nitrogen and oxygen atoms in total.